The first-order valence-corrected chi connectivity index (χ1v) is 6.82. The van der Waals surface area contributed by atoms with Crippen molar-refractivity contribution in [2.24, 2.45) is 0 Å². The number of ether oxygens (including phenoxy) is 2. The highest BCUT2D eigenvalue weighted by molar-refractivity contribution is 6.14. The van der Waals surface area contributed by atoms with Gasteiger partial charge < -0.3 is 14.8 Å². The highest BCUT2D eigenvalue weighted by Gasteiger charge is 2.30. The third-order valence-electron chi connectivity index (χ3n) is 3.01. The number of hydrogen-bond acceptors (Lipinski definition) is 5. The lowest BCUT2D eigenvalue weighted by Gasteiger charge is -2.11. The third-order valence-corrected chi connectivity index (χ3v) is 3.01. The number of amides is 1. The zero-order valence-electron chi connectivity index (χ0n) is 12.2. The van der Waals surface area contributed by atoms with Gasteiger partial charge in [-0.25, -0.2) is 9.59 Å². The molecule has 0 saturated heterocycles. The fourth-order valence-electron chi connectivity index (χ4n) is 2.27. The van der Waals surface area contributed by atoms with E-state index in [9.17, 15) is 14.4 Å². The Balaban J connectivity index is 2.91. The van der Waals surface area contributed by atoms with Crippen molar-refractivity contribution in [2.45, 2.75) is 46.1 Å². The molecule has 1 atom stereocenters. The molecular weight excluding hydrogens is 262 g/mol. The Hall–Kier alpha value is -1.85. The van der Waals surface area contributed by atoms with Gasteiger partial charge in [0.15, 0.2) is 0 Å². The van der Waals surface area contributed by atoms with E-state index in [0.717, 1.165) is 0 Å². The fourth-order valence-corrected chi connectivity index (χ4v) is 2.27. The molecule has 1 N–H and O–H groups in total. The summed E-state index contributed by atoms with van der Waals surface area (Å²) in [5, 5.41) is 2.79. The molecule has 0 bridgehead atoms. The molecule has 1 aliphatic carbocycles. The summed E-state index contributed by atoms with van der Waals surface area (Å²) >= 11 is 0. The Morgan fingerprint density at radius 1 is 1.15 bits per heavy atom. The number of carbonyl (C=O) groups is 3. The maximum Gasteiger partial charge on any atom is 0.345 e. The summed E-state index contributed by atoms with van der Waals surface area (Å²) < 4.78 is 9.83. The van der Waals surface area contributed by atoms with Gasteiger partial charge in [-0.15, -0.1) is 0 Å². The summed E-state index contributed by atoms with van der Waals surface area (Å²) in [6, 6.07) is -0.0404. The second kappa shape index (κ2) is 7.67. The average Bonchev–Trinajstić information content (AvgIpc) is 2.77. The van der Waals surface area contributed by atoms with Gasteiger partial charge in [-0.1, -0.05) is 0 Å². The van der Waals surface area contributed by atoms with Crippen molar-refractivity contribution in [3.8, 4) is 0 Å². The van der Waals surface area contributed by atoms with Gasteiger partial charge in [-0.3, -0.25) is 4.79 Å². The minimum atomic E-state index is -0.649. The van der Waals surface area contributed by atoms with E-state index < -0.39 is 11.9 Å². The van der Waals surface area contributed by atoms with Crippen molar-refractivity contribution in [3.05, 3.63) is 11.1 Å². The molecule has 20 heavy (non-hydrogen) atoms. The zero-order chi connectivity index (χ0) is 15.1. The molecule has 0 heterocycles. The Kier molecular flexibility index (Phi) is 6.21. The van der Waals surface area contributed by atoms with E-state index in [1.165, 1.54) is 6.92 Å². The largest absolute Gasteiger partial charge is 0.462 e. The predicted molar refractivity (Wildman–Crippen MR) is 71.7 cm³/mol. The molecule has 0 radical (unpaired) electrons. The van der Waals surface area contributed by atoms with Crippen LogP contribution in [0.15, 0.2) is 11.1 Å². The van der Waals surface area contributed by atoms with Crippen molar-refractivity contribution >= 4 is 17.8 Å². The first kappa shape index (κ1) is 16.2. The van der Waals surface area contributed by atoms with Crippen molar-refractivity contribution in [1.82, 2.24) is 5.32 Å². The number of esters is 2. The van der Waals surface area contributed by atoms with Gasteiger partial charge in [-0.2, -0.15) is 0 Å². The molecule has 1 saturated carbocycles. The zero-order valence-corrected chi connectivity index (χ0v) is 12.2. The van der Waals surface area contributed by atoms with Gasteiger partial charge in [-0.05, 0) is 38.7 Å². The third kappa shape index (κ3) is 4.36. The van der Waals surface area contributed by atoms with Crippen LogP contribution in [-0.2, 0) is 23.9 Å². The van der Waals surface area contributed by atoms with Crippen molar-refractivity contribution < 1.29 is 23.9 Å². The van der Waals surface area contributed by atoms with Crippen LogP contribution in [0.2, 0.25) is 0 Å². The molecule has 1 amide bonds. The Labute approximate surface area is 118 Å². The van der Waals surface area contributed by atoms with Gasteiger partial charge in [0.2, 0.25) is 5.91 Å². The van der Waals surface area contributed by atoms with Crippen LogP contribution in [0, 0.1) is 0 Å². The summed E-state index contributed by atoms with van der Waals surface area (Å²) in [6.45, 7) is 5.20. The summed E-state index contributed by atoms with van der Waals surface area (Å²) in [7, 11) is 0. The van der Waals surface area contributed by atoms with E-state index >= 15 is 0 Å². The highest BCUT2D eigenvalue weighted by Crippen LogP contribution is 2.29. The molecule has 0 aromatic heterocycles. The van der Waals surface area contributed by atoms with Crippen LogP contribution in [0.1, 0.15) is 40.0 Å². The molecule has 112 valence electrons. The summed E-state index contributed by atoms with van der Waals surface area (Å²) in [6.07, 6.45) is 1.77. The van der Waals surface area contributed by atoms with Gasteiger partial charge in [0, 0.05) is 13.0 Å². The average molecular weight is 283 g/mol. The van der Waals surface area contributed by atoms with Crippen LogP contribution in [0.3, 0.4) is 0 Å². The van der Waals surface area contributed by atoms with Gasteiger partial charge in [0.25, 0.3) is 0 Å². The molecule has 1 fully saturated rings. The Bertz CT molecular complexity index is 407. The molecule has 1 unspecified atom stereocenters. The van der Waals surface area contributed by atoms with E-state index in [1.54, 1.807) is 13.8 Å². The molecule has 6 nitrogen and oxygen atoms in total. The second-order valence-corrected chi connectivity index (χ2v) is 4.56. The van der Waals surface area contributed by atoms with Crippen LogP contribution in [-0.4, -0.2) is 37.1 Å². The Morgan fingerprint density at radius 3 is 2.15 bits per heavy atom. The van der Waals surface area contributed by atoms with E-state index in [4.69, 9.17) is 9.47 Å². The van der Waals surface area contributed by atoms with Crippen LogP contribution >= 0.6 is 0 Å². The maximum absolute atomic E-state index is 11.9. The van der Waals surface area contributed by atoms with E-state index in [0.29, 0.717) is 24.8 Å². The van der Waals surface area contributed by atoms with E-state index in [-0.39, 0.29) is 30.7 Å². The lowest BCUT2D eigenvalue weighted by atomic mass is 10.1. The molecular formula is C14H21NO5. The molecule has 0 aliphatic heterocycles. The molecule has 6 heteroatoms. The standard InChI is InChI=1S/C14H21NO5/c1-4-19-13(17)12(14(18)20-5-2)10-6-7-11(8-10)15-9(3)16/h11H,4-8H2,1-3H3,(H,15,16). The number of nitrogens with one attached hydrogen (secondary N) is 1. The van der Waals surface area contributed by atoms with Crippen LogP contribution in [0.5, 0.6) is 0 Å². The lowest BCUT2D eigenvalue weighted by molar-refractivity contribution is -0.146. The SMILES string of the molecule is CCOC(=O)C(C(=O)OCC)=C1CCC(NC(C)=O)C1. The highest BCUT2D eigenvalue weighted by atomic mass is 16.6. The molecule has 1 rings (SSSR count). The van der Waals surface area contributed by atoms with Gasteiger partial charge >= 0.3 is 11.9 Å². The molecule has 0 aromatic rings. The molecule has 0 aromatic carbocycles. The fraction of sp³-hybridized carbons (Fsp3) is 0.643. The predicted octanol–water partition coefficient (Wildman–Crippen LogP) is 1.10. The number of carbonyl (C=O) groups excluding carboxylic acids is 3. The molecule has 1 aliphatic rings. The normalized spacial score (nSPS) is 17.6. The first-order chi connectivity index (χ1) is 9.49. The quantitative estimate of drug-likeness (QED) is 0.353. The van der Waals surface area contributed by atoms with Crippen LogP contribution < -0.4 is 5.32 Å². The number of rotatable bonds is 5. The van der Waals surface area contributed by atoms with Gasteiger partial charge in [0.05, 0.1) is 13.2 Å². The maximum atomic E-state index is 11.9. The van der Waals surface area contributed by atoms with Crippen molar-refractivity contribution in [1.29, 1.82) is 0 Å². The van der Waals surface area contributed by atoms with Crippen LogP contribution in [0.4, 0.5) is 0 Å². The minimum absolute atomic E-state index is 0.0125. The monoisotopic (exact) mass is 283 g/mol. The van der Waals surface area contributed by atoms with Crippen molar-refractivity contribution in [3.63, 3.8) is 0 Å². The smallest absolute Gasteiger partial charge is 0.345 e. The van der Waals surface area contributed by atoms with E-state index in [2.05, 4.69) is 5.32 Å². The number of hydrogen-bond donors (Lipinski definition) is 1. The molecule has 0 spiro atoms. The minimum Gasteiger partial charge on any atom is -0.462 e. The summed E-state index contributed by atoms with van der Waals surface area (Å²) in [4.78, 5) is 34.9. The topological polar surface area (TPSA) is 81.7 Å². The van der Waals surface area contributed by atoms with Crippen LogP contribution in [0.25, 0.3) is 0 Å². The lowest BCUT2D eigenvalue weighted by Crippen LogP contribution is -2.30. The summed E-state index contributed by atoms with van der Waals surface area (Å²) in [5.41, 5.74) is 0.683. The van der Waals surface area contributed by atoms with E-state index in [1.807, 2.05) is 0 Å². The first-order valence-electron chi connectivity index (χ1n) is 6.82. The Morgan fingerprint density at radius 2 is 1.70 bits per heavy atom. The van der Waals surface area contributed by atoms with Crippen molar-refractivity contribution in [2.75, 3.05) is 13.2 Å². The summed E-state index contributed by atoms with van der Waals surface area (Å²) in [5.74, 6) is -1.42. The second-order valence-electron chi connectivity index (χ2n) is 4.56. The van der Waals surface area contributed by atoms with Gasteiger partial charge in [0.1, 0.15) is 5.57 Å².